The summed E-state index contributed by atoms with van der Waals surface area (Å²) in [6.45, 7) is 5.49. The zero-order chi connectivity index (χ0) is 12.7. The molecule has 18 heavy (non-hydrogen) atoms. The number of hydrogen-bond acceptors (Lipinski definition) is 3. The first kappa shape index (κ1) is 11.9. The molecule has 1 aliphatic heterocycles. The standard InChI is InChI=1S/C15H16O2S/c1-9-5-10(2)18-15(9)14(16)11-3-4-12-7-17-8-13(12)6-11/h3-6,14,16H,7-8H2,1-2H3. The van der Waals surface area contributed by atoms with Crippen LogP contribution in [0, 0.1) is 13.8 Å². The average Bonchev–Trinajstić information content (AvgIpc) is 2.93. The van der Waals surface area contributed by atoms with Crippen LogP contribution < -0.4 is 0 Å². The molecule has 3 heteroatoms. The summed E-state index contributed by atoms with van der Waals surface area (Å²) in [7, 11) is 0. The second-order valence-corrected chi connectivity index (χ2v) is 6.12. The van der Waals surface area contributed by atoms with Crippen LogP contribution in [0.4, 0.5) is 0 Å². The SMILES string of the molecule is Cc1cc(C)c(C(O)c2ccc3c(c2)COC3)s1. The van der Waals surface area contributed by atoms with Crippen molar-refractivity contribution in [3.05, 3.63) is 56.3 Å². The molecule has 0 saturated heterocycles. The first-order valence-electron chi connectivity index (χ1n) is 6.09. The Morgan fingerprint density at radius 2 is 1.94 bits per heavy atom. The van der Waals surface area contributed by atoms with Gasteiger partial charge in [-0.2, -0.15) is 0 Å². The van der Waals surface area contributed by atoms with Crippen LogP contribution in [-0.4, -0.2) is 5.11 Å². The van der Waals surface area contributed by atoms with Gasteiger partial charge in [0.1, 0.15) is 6.10 Å². The Morgan fingerprint density at radius 3 is 2.67 bits per heavy atom. The van der Waals surface area contributed by atoms with E-state index in [1.165, 1.54) is 21.6 Å². The van der Waals surface area contributed by atoms with E-state index in [2.05, 4.69) is 32.0 Å². The van der Waals surface area contributed by atoms with Gasteiger partial charge < -0.3 is 9.84 Å². The summed E-state index contributed by atoms with van der Waals surface area (Å²) in [5, 5.41) is 10.5. The average molecular weight is 260 g/mol. The molecule has 2 nitrogen and oxygen atoms in total. The Hall–Kier alpha value is -1.16. The minimum absolute atomic E-state index is 0.519. The quantitative estimate of drug-likeness (QED) is 0.895. The van der Waals surface area contributed by atoms with Gasteiger partial charge in [-0.1, -0.05) is 18.2 Å². The zero-order valence-corrected chi connectivity index (χ0v) is 11.4. The van der Waals surface area contributed by atoms with Crippen molar-refractivity contribution in [2.75, 3.05) is 0 Å². The van der Waals surface area contributed by atoms with Gasteiger partial charge >= 0.3 is 0 Å². The minimum Gasteiger partial charge on any atom is -0.383 e. The molecule has 0 fully saturated rings. The Morgan fingerprint density at radius 1 is 1.17 bits per heavy atom. The maximum atomic E-state index is 10.5. The Labute approximate surface area is 111 Å². The number of benzene rings is 1. The second kappa shape index (κ2) is 4.50. The summed E-state index contributed by atoms with van der Waals surface area (Å²) >= 11 is 1.67. The van der Waals surface area contributed by atoms with Crippen molar-refractivity contribution < 1.29 is 9.84 Å². The summed E-state index contributed by atoms with van der Waals surface area (Å²) in [4.78, 5) is 2.29. The number of aliphatic hydroxyl groups excluding tert-OH is 1. The van der Waals surface area contributed by atoms with Crippen LogP contribution >= 0.6 is 11.3 Å². The van der Waals surface area contributed by atoms with E-state index in [4.69, 9.17) is 4.74 Å². The van der Waals surface area contributed by atoms with E-state index in [9.17, 15) is 5.11 Å². The monoisotopic (exact) mass is 260 g/mol. The van der Waals surface area contributed by atoms with Crippen LogP contribution in [0.15, 0.2) is 24.3 Å². The zero-order valence-electron chi connectivity index (χ0n) is 10.6. The highest BCUT2D eigenvalue weighted by molar-refractivity contribution is 7.12. The van der Waals surface area contributed by atoms with E-state index in [0.717, 1.165) is 10.4 Å². The predicted molar refractivity (Wildman–Crippen MR) is 72.8 cm³/mol. The van der Waals surface area contributed by atoms with Gasteiger partial charge in [0, 0.05) is 9.75 Å². The number of thiophene rings is 1. The van der Waals surface area contributed by atoms with Crippen molar-refractivity contribution in [1.29, 1.82) is 0 Å². The van der Waals surface area contributed by atoms with Crippen molar-refractivity contribution >= 4 is 11.3 Å². The number of hydrogen-bond donors (Lipinski definition) is 1. The van der Waals surface area contributed by atoms with Gasteiger partial charge in [-0.15, -0.1) is 11.3 Å². The molecule has 0 saturated carbocycles. The third kappa shape index (κ3) is 1.99. The number of aryl methyl sites for hydroxylation is 2. The molecule has 0 bridgehead atoms. The van der Waals surface area contributed by atoms with E-state index in [1.54, 1.807) is 11.3 Å². The first-order valence-corrected chi connectivity index (χ1v) is 6.91. The van der Waals surface area contributed by atoms with Gasteiger partial charge in [0.2, 0.25) is 0 Å². The smallest absolute Gasteiger partial charge is 0.113 e. The van der Waals surface area contributed by atoms with E-state index in [1.807, 2.05) is 6.07 Å². The summed E-state index contributed by atoms with van der Waals surface area (Å²) < 4.78 is 5.40. The highest BCUT2D eigenvalue weighted by Gasteiger charge is 2.18. The molecular weight excluding hydrogens is 244 g/mol. The lowest BCUT2D eigenvalue weighted by molar-refractivity contribution is 0.134. The fraction of sp³-hybridized carbons (Fsp3) is 0.333. The summed E-state index contributed by atoms with van der Waals surface area (Å²) in [6, 6.07) is 8.27. The molecule has 1 aromatic heterocycles. The molecule has 0 spiro atoms. The lowest BCUT2D eigenvalue weighted by atomic mass is 10.0. The molecule has 94 valence electrons. The Kier molecular flexibility index (Phi) is 2.98. The molecule has 1 N–H and O–H groups in total. The predicted octanol–water partition coefficient (Wildman–Crippen LogP) is 3.48. The topological polar surface area (TPSA) is 29.5 Å². The fourth-order valence-corrected chi connectivity index (χ4v) is 3.49. The van der Waals surface area contributed by atoms with Crippen molar-refractivity contribution in [3.63, 3.8) is 0 Å². The van der Waals surface area contributed by atoms with Crippen LogP contribution in [-0.2, 0) is 18.0 Å². The Bertz CT molecular complexity index is 586. The number of ether oxygens (including phenoxy) is 1. The minimum atomic E-state index is -0.519. The molecule has 0 radical (unpaired) electrons. The maximum Gasteiger partial charge on any atom is 0.113 e. The van der Waals surface area contributed by atoms with Gasteiger partial charge in [-0.05, 0) is 42.2 Å². The van der Waals surface area contributed by atoms with E-state index in [-0.39, 0.29) is 0 Å². The largest absolute Gasteiger partial charge is 0.383 e. The highest BCUT2D eigenvalue weighted by atomic mass is 32.1. The molecule has 1 atom stereocenters. The van der Waals surface area contributed by atoms with Gasteiger partial charge in [0.15, 0.2) is 0 Å². The molecular formula is C15H16O2S. The molecule has 1 aliphatic rings. The van der Waals surface area contributed by atoms with E-state index in [0.29, 0.717) is 13.2 Å². The van der Waals surface area contributed by atoms with Crippen LogP contribution in [0.1, 0.15) is 38.1 Å². The molecule has 0 amide bonds. The van der Waals surface area contributed by atoms with E-state index >= 15 is 0 Å². The van der Waals surface area contributed by atoms with Gasteiger partial charge in [0.05, 0.1) is 13.2 Å². The lowest BCUT2D eigenvalue weighted by Crippen LogP contribution is -2.00. The van der Waals surface area contributed by atoms with Gasteiger partial charge in [-0.25, -0.2) is 0 Å². The lowest BCUT2D eigenvalue weighted by Gasteiger charge is -2.11. The number of rotatable bonds is 2. The number of fused-ring (bicyclic) bond motifs is 1. The normalized spacial score (nSPS) is 15.7. The summed E-state index contributed by atoms with van der Waals surface area (Å²) in [5.74, 6) is 0. The van der Waals surface area contributed by atoms with Crippen LogP contribution in [0.2, 0.25) is 0 Å². The number of aliphatic hydroxyl groups is 1. The third-order valence-electron chi connectivity index (χ3n) is 3.39. The Balaban J connectivity index is 1.97. The maximum absolute atomic E-state index is 10.5. The molecule has 2 aromatic rings. The van der Waals surface area contributed by atoms with Crippen molar-refractivity contribution in [2.24, 2.45) is 0 Å². The summed E-state index contributed by atoms with van der Waals surface area (Å²) in [6.07, 6.45) is -0.519. The van der Waals surface area contributed by atoms with Crippen LogP contribution in [0.5, 0.6) is 0 Å². The van der Waals surface area contributed by atoms with Gasteiger partial charge in [0.25, 0.3) is 0 Å². The first-order chi connectivity index (χ1) is 8.65. The molecule has 0 aliphatic carbocycles. The second-order valence-electron chi connectivity index (χ2n) is 4.83. The summed E-state index contributed by atoms with van der Waals surface area (Å²) in [5.41, 5.74) is 4.58. The van der Waals surface area contributed by atoms with Crippen LogP contribution in [0.25, 0.3) is 0 Å². The van der Waals surface area contributed by atoms with Crippen molar-refractivity contribution in [3.8, 4) is 0 Å². The van der Waals surface area contributed by atoms with Crippen LogP contribution in [0.3, 0.4) is 0 Å². The fourth-order valence-electron chi connectivity index (χ4n) is 2.44. The molecule has 1 unspecified atom stereocenters. The molecule has 2 heterocycles. The highest BCUT2D eigenvalue weighted by Crippen LogP contribution is 2.33. The van der Waals surface area contributed by atoms with Crippen molar-refractivity contribution in [2.45, 2.75) is 33.2 Å². The van der Waals surface area contributed by atoms with E-state index < -0.39 is 6.10 Å². The van der Waals surface area contributed by atoms with Crippen molar-refractivity contribution in [1.82, 2.24) is 0 Å². The van der Waals surface area contributed by atoms with Gasteiger partial charge in [-0.3, -0.25) is 0 Å². The molecule has 3 rings (SSSR count). The molecule has 1 aromatic carbocycles. The third-order valence-corrected chi connectivity index (χ3v) is 4.59.